The van der Waals surface area contributed by atoms with Crippen molar-refractivity contribution in [3.63, 3.8) is 0 Å². The molecule has 2 unspecified atom stereocenters. The minimum absolute atomic E-state index is 0.0564. The van der Waals surface area contributed by atoms with Crippen LogP contribution < -0.4 is 5.32 Å². The molecular formula is C13H18N2O2. The third kappa shape index (κ3) is 3.03. The maximum absolute atomic E-state index is 11.7. The van der Waals surface area contributed by atoms with Crippen LogP contribution in [0, 0.1) is 5.92 Å². The number of hydrogen-bond donors (Lipinski definition) is 1. The normalized spacial score (nSPS) is 18.5. The minimum Gasteiger partial charge on any atom is -0.468 e. The van der Waals surface area contributed by atoms with E-state index in [1.807, 2.05) is 25.1 Å². The van der Waals surface area contributed by atoms with E-state index in [9.17, 15) is 4.79 Å². The van der Waals surface area contributed by atoms with Crippen molar-refractivity contribution in [1.82, 2.24) is 10.3 Å². The monoisotopic (exact) mass is 234 g/mol. The number of aromatic nitrogens is 1. The van der Waals surface area contributed by atoms with Gasteiger partial charge in [0.1, 0.15) is 6.04 Å². The maximum Gasteiger partial charge on any atom is 0.323 e. The fraction of sp³-hybridized carbons (Fsp3) is 0.538. The summed E-state index contributed by atoms with van der Waals surface area (Å²) in [7, 11) is 1.44. The van der Waals surface area contributed by atoms with E-state index < -0.39 is 0 Å². The standard InChI is InChI=1S/C13H18N2O2/c1-9(11-5-3-4-8-14-11)15-12(10-6-7-10)13(16)17-2/h3-5,8-10,12,15H,6-7H2,1-2H3. The molecule has 1 aromatic heterocycles. The molecule has 1 aliphatic rings. The van der Waals surface area contributed by atoms with E-state index in [1.165, 1.54) is 7.11 Å². The van der Waals surface area contributed by atoms with Gasteiger partial charge in [-0.15, -0.1) is 0 Å². The number of esters is 1. The Kier molecular flexibility index (Phi) is 3.74. The van der Waals surface area contributed by atoms with Gasteiger partial charge in [-0.25, -0.2) is 0 Å². The number of ether oxygens (including phenoxy) is 1. The highest BCUT2D eigenvalue weighted by molar-refractivity contribution is 5.76. The van der Waals surface area contributed by atoms with Gasteiger partial charge in [-0.05, 0) is 37.8 Å². The summed E-state index contributed by atoms with van der Waals surface area (Å²) in [6.45, 7) is 2.01. The molecule has 2 rings (SSSR count). The first-order chi connectivity index (χ1) is 8.22. The van der Waals surface area contributed by atoms with Crippen LogP contribution in [-0.4, -0.2) is 24.1 Å². The van der Waals surface area contributed by atoms with Gasteiger partial charge >= 0.3 is 5.97 Å². The average Bonchev–Trinajstić information content (AvgIpc) is 3.20. The zero-order valence-electron chi connectivity index (χ0n) is 10.2. The molecule has 17 heavy (non-hydrogen) atoms. The molecule has 92 valence electrons. The van der Waals surface area contributed by atoms with E-state index in [2.05, 4.69) is 10.3 Å². The fourth-order valence-electron chi connectivity index (χ4n) is 1.94. The zero-order chi connectivity index (χ0) is 12.3. The largest absolute Gasteiger partial charge is 0.468 e. The second-order valence-electron chi connectivity index (χ2n) is 4.48. The number of pyridine rings is 1. The predicted octanol–water partition coefficient (Wildman–Crippen LogP) is 1.68. The summed E-state index contributed by atoms with van der Waals surface area (Å²) >= 11 is 0. The third-order valence-corrected chi connectivity index (χ3v) is 3.11. The molecule has 4 heteroatoms. The molecule has 0 saturated heterocycles. The van der Waals surface area contributed by atoms with E-state index in [1.54, 1.807) is 6.20 Å². The molecule has 1 N–H and O–H groups in total. The van der Waals surface area contributed by atoms with Crippen LogP contribution in [-0.2, 0) is 9.53 Å². The van der Waals surface area contributed by atoms with Gasteiger partial charge in [-0.1, -0.05) is 6.07 Å². The molecule has 4 nitrogen and oxygen atoms in total. The topological polar surface area (TPSA) is 51.2 Å². The average molecular weight is 234 g/mol. The van der Waals surface area contributed by atoms with Crippen LogP contribution in [0.3, 0.4) is 0 Å². The van der Waals surface area contributed by atoms with Gasteiger partial charge in [0.2, 0.25) is 0 Å². The number of nitrogens with one attached hydrogen (secondary N) is 1. The molecule has 1 saturated carbocycles. The lowest BCUT2D eigenvalue weighted by Gasteiger charge is -2.20. The maximum atomic E-state index is 11.7. The summed E-state index contributed by atoms with van der Waals surface area (Å²) in [6, 6.07) is 5.65. The van der Waals surface area contributed by atoms with Gasteiger partial charge < -0.3 is 4.74 Å². The molecule has 1 aliphatic carbocycles. The second kappa shape index (κ2) is 5.27. The summed E-state index contributed by atoms with van der Waals surface area (Å²) in [6.07, 6.45) is 3.96. The lowest BCUT2D eigenvalue weighted by atomic mass is 10.1. The Labute approximate surface area is 101 Å². The van der Waals surface area contributed by atoms with Crippen LogP contribution in [0.4, 0.5) is 0 Å². The molecular weight excluding hydrogens is 216 g/mol. The highest BCUT2D eigenvalue weighted by Gasteiger charge is 2.37. The van der Waals surface area contributed by atoms with E-state index in [0.717, 1.165) is 18.5 Å². The van der Waals surface area contributed by atoms with Gasteiger partial charge in [0.05, 0.1) is 12.8 Å². The highest BCUT2D eigenvalue weighted by Crippen LogP contribution is 2.34. The summed E-state index contributed by atoms with van der Waals surface area (Å²) in [4.78, 5) is 15.9. The first-order valence-corrected chi connectivity index (χ1v) is 5.97. The summed E-state index contributed by atoms with van der Waals surface area (Å²) in [5.74, 6) is 0.254. The SMILES string of the molecule is COC(=O)C(NC(C)c1ccccn1)C1CC1. The van der Waals surface area contributed by atoms with Crippen molar-refractivity contribution < 1.29 is 9.53 Å². The molecule has 2 atom stereocenters. The van der Waals surface area contributed by atoms with Gasteiger partial charge in [-0.2, -0.15) is 0 Å². The molecule has 1 heterocycles. The summed E-state index contributed by atoms with van der Waals surface area (Å²) in [5, 5.41) is 3.31. The van der Waals surface area contributed by atoms with Crippen molar-refractivity contribution in [3.05, 3.63) is 30.1 Å². The van der Waals surface area contributed by atoms with Crippen molar-refractivity contribution in [2.45, 2.75) is 31.8 Å². The lowest BCUT2D eigenvalue weighted by molar-refractivity contribution is -0.144. The van der Waals surface area contributed by atoms with Crippen LogP contribution in [0.2, 0.25) is 0 Å². The van der Waals surface area contributed by atoms with E-state index in [-0.39, 0.29) is 18.1 Å². The van der Waals surface area contributed by atoms with E-state index >= 15 is 0 Å². The number of carbonyl (C=O) groups excluding carboxylic acids is 1. The van der Waals surface area contributed by atoms with Crippen molar-refractivity contribution in [2.75, 3.05) is 7.11 Å². The highest BCUT2D eigenvalue weighted by atomic mass is 16.5. The van der Waals surface area contributed by atoms with Crippen molar-refractivity contribution in [2.24, 2.45) is 5.92 Å². The van der Waals surface area contributed by atoms with Gasteiger partial charge in [0, 0.05) is 12.2 Å². The summed E-state index contributed by atoms with van der Waals surface area (Å²) < 4.78 is 4.83. The first-order valence-electron chi connectivity index (χ1n) is 5.97. The van der Waals surface area contributed by atoms with Gasteiger partial charge in [0.15, 0.2) is 0 Å². The molecule has 0 aromatic carbocycles. The Morgan fingerprint density at radius 1 is 1.53 bits per heavy atom. The first kappa shape index (κ1) is 12.0. The van der Waals surface area contributed by atoms with Crippen molar-refractivity contribution in [3.8, 4) is 0 Å². The molecule has 0 amide bonds. The van der Waals surface area contributed by atoms with Crippen LogP contribution in [0.5, 0.6) is 0 Å². The Balaban J connectivity index is 2.00. The predicted molar refractivity (Wildman–Crippen MR) is 64.3 cm³/mol. The third-order valence-electron chi connectivity index (χ3n) is 3.11. The van der Waals surface area contributed by atoms with E-state index in [4.69, 9.17) is 4.74 Å². The quantitative estimate of drug-likeness (QED) is 0.788. The molecule has 1 aromatic rings. The Bertz CT molecular complexity index is 376. The minimum atomic E-state index is -0.197. The molecule has 1 fully saturated rings. The van der Waals surface area contributed by atoms with Crippen LogP contribution >= 0.6 is 0 Å². The Morgan fingerprint density at radius 2 is 2.29 bits per heavy atom. The summed E-state index contributed by atoms with van der Waals surface area (Å²) in [5.41, 5.74) is 0.946. The molecule has 0 bridgehead atoms. The number of rotatable bonds is 5. The number of hydrogen-bond acceptors (Lipinski definition) is 4. The van der Waals surface area contributed by atoms with Crippen LogP contribution in [0.25, 0.3) is 0 Å². The van der Waals surface area contributed by atoms with Crippen LogP contribution in [0.15, 0.2) is 24.4 Å². The van der Waals surface area contributed by atoms with Gasteiger partial charge in [-0.3, -0.25) is 15.1 Å². The Morgan fingerprint density at radius 3 is 2.82 bits per heavy atom. The molecule has 0 radical (unpaired) electrons. The number of methoxy groups -OCH3 is 1. The second-order valence-corrected chi connectivity index (χ2v) is 4.48. The number of nitrogens with zero attached hydrogens (tertiary/aromatic N) is 1. The van der Waals surface area contributed by atoms with Crippen LogP contribution in [0.1, 0.15) is 31.5 Å². The Hall–Kier alpha value is -1.42. The zero-order valence-corrected chi connectivity index (χ0v) is 10.2. The molecule has 0 spiro atoms. The van der Waals surface area contributed by atoms with Crippen molar-refractivity contribution in [1.29, 1.82) is 0 Å². The van der Waals surface area contributed by atoms with Gasteiger partial charge in [0.25, 0.3) is 0 Å². The lowest BCUT2D eigenvalue weighted by Crippen LogP contribution is -2.41. The fourth-order valence-corrected chi connectivity index (χ4v) is 1.94. The van der Waals surface area contributed by atoms with E-state index in [0.29, 0.717) is 5.92 Å². The van der Waals surface area contributed by atoms with Crippen molar-refractivity contribution >= 4 is 5.97 Å². The smallest absolute Gasteiger partial charge is 0.323 e. The molecule has 0 aliphatic heterocycles. The number of carbonyl (C=O) groups is 1.